The van der Waals surface area contributed by atoms with E-state index in [1.807, 2.05) is 6.07 Å². The second-order valence-corrected chi connectivity index (χ2v) is 6.31. The molecule has 6 heteroatoms. The number of fused-ring (bicyclic) bond motifs is 2. The summed E-state index contributed by atoms with van der Waals surface area (Å²) in [5, 5.41) is 2.87. The van der Waals surface area contributed by atoms with E-state index in [-0.39, 0.29) is 12.3 Å². The van der Waals surface area contributed by atoms with Crippen molar-refractivity contribution in [2.75, 3.05) is 25.6 Å². The van der Waals surface area contributed by atoms with E-state index in [2.05, 4.69) is 10.1 Å². The maximum absolute atomic E-state index is 12.6. The molecule has 134 valence electrons. The molecule has 0 saturated heterocycles. The number of hydrogen-bond donors (Lipinski definition) is 1. The molecule has 0 spiro atoms. The first-order valence-corrected chi connectivity index (χ1v) is 8.57. The number of carbonyl (C=O) groups excluding carboxylic acids is 2. The minimum atomic E-state index is -0.407. The van der Waals surface area contributed by atoms with Crippen molar-refractivity contribution in [2.24, 2.45) is 0 Å². The molecule has 1 amide bonds. The summed E-state index contributed by atoms with van der Waals surface area (Å²) in [4.78, 5) is 24.0. The zero-order valence-electron chi connectivity index (χ0n) is 14.5. The molecule has 0 aromatic heterocycles. The predicted octanol–water partition coefficient (Wildman–Crippen LogP) is 2.52. The van der Waals surface area contributed by atoms with E-state index in [4.69, 9.17) is 9.47 Å². The van der Waals surface area contributed by atoms with Gasteiger partial charge in [-0.15, -0.1) is 0 Å². The van der Waals surface area contributed by atoms with E-state index in [0.717, 1.165) is 41.0 Å². The van der Waals surface area contributed by atoms with Gasteiger partial charge in [0.05, 0.1) is 32.3 Å². The summed E-state index contributed by atoms with van der Waals surface area (Å²) in [6, 6.07) is 8.65. The highest BCUT2D eigenvalue weighted by molar-refractivity contribution is 5.94. The molecule has 1 N–H and O–H groups in total. The van der Waals surface area contributed by atoms with Gasteiger partial charge in [-0.2, -0.15) is 0 Å². The van der Waals surface area contributed by atoms with Gasteiger partial charge in [0, 0.05) is 35.2 Å². The van der Waals surface area contributed by atoms with Crippen molar-refractivity contribution in [2.45, 2.75) is 19.3 Å². The number of ether oxygens (including phenoxy) is 3. The lowest BCUT2D eigenvalue weighted by molar-refractivity contribution is -0.115. The SMILES string of the molecule is COC(=O)c1ccc(NC(=O)Cc2c3c(cc4c2OCC4)OCC3)cc1. The Morgan fingerprint density at radius 3 is 2.65 bits per heavy atom. The second kappa shape index (κ2) is 6.71. The van der Waals surface area contributed by atoms with Crippen molar-refractivity contribution in [1.29, 1.82) is 0 Å². The van der Waals surface area contributed by atoms with Crippen LogP contribution in [-0.4, -0.2) is 32.2 Å². The fraction of sp³-hybridized carbons (Fsp3) is 0.300. The molecule has 26 heavy (non-hydrogen) atoms. The lowest BCUT2D eigenvalue weighted by Crippen LogP contribution is -2.16. The maximum atomic E-state index is 12.6. The minimum absolute atomic E-state index is 0.131. The van der Waals surface area contributed by atoms with E-state index < -0.39 is 5.97 Å². The Morgan fingerprint density at radius 1 is 1.12 bits per heavy atom. The number of anilines is 1. The van der Waals surface area contributed by atoms with E-state index in [9.17, 15) is 9.59 Å². The van der Waals surface area contributed by atoms with Crippen molar-refractivity contribution < 1.29 is 23.8 Å². The highest BCUT2D eigenvalue weighted by Gasteiger charge is 2.27. The maximum Gasteiger partial charge on any atom is 0.337 e. The van der Waals surface area contributed by atoms with Crippen molar-refractivity contribution in [1.82, 2.24) is 0 Å². The molecular weight excluding hydrogens is 334 g/mol. The summed E-state index contributed by atoms with van der Waals surface area (Å²) in [7, 11) is 1.33. The summed E-state index contributed by atoms with van der Waals surface area (Å²) < 4.78 is 16.1. The topological polar surface area (TPSA) is 73.9 Å². The highest BCUT2D eigenvalue weighted by Crippen LogP contribution is 2.40. The first-order chi connectivity index (χ1) is 12.7. The van der Waals surface area contributed by atoms with Gasteiger partial charge in [-0.25, -0.2) is 4.79 Å². The molecule has 0 unspecified atom stereocenters. The van der Waals surface area contributed by atoms with Gasteiger partial charge in [0.15, 0.2) is 0 Å². The van der Waals surface area contributed by atoms with E-state index in [1.54, 1.807) is 24.3 Å². The van der Waals surface area contributed by atoms with Crippen molar-refractivity contribution in [3.8, 4) is 11.5 Å². The highest BCUT2D eigenvalue weighted by atomic mass is 16.5. The predicted molar refractivity (Wildman–Crippen MR) is 95.0 cm³/mol. The Balaban J connectivity index is 1.52. The third-order valence-corrected chi connectivity index (χ3v) is 4.69. The average Bonchev–Trinajstić information content (AvgIpc) is 3.30. The zero-order chi connectivity index (χ0) is 18.1. The Kier molecular flexibility index (Phi) is 4.24. The Labute approximate surface area is 151 Å². The Morgan fingerprint density at radius 2 is 1.88 bits per heavy atom. The number of esters is 1. The van der Waals surface area contributed by atoms with Gasteiger partial charge < -0.3 is 19.5 Å². The summed E-state index contributed by atoms with van der Waals surface area (Å²) in [6.07, 6.45) is 1.87. The molecule has 2 aliphatic rings. The third kappa shape index (κ3) is 2.98. The Hall–Kier alpha value is -3.02. The number of hydrogen-bond acceptors (Lipinski definition) is 5. The number of benzene rings is 2. The monoisotopic (exact) mass is 353 g/mol. The first-order valence-electron chi connectivity index (χ1n) is 8.57. The van der Waals surface area contributed by atoms with Crippen LogP contribution in [0.1, 0.15) is 27.0 Å². The molecule has 2 heterocycles. The number of carbonyl (C=O) groups is 2. The molecule has 0 atom stereocenters. The van der Waals surface area contributed by atoms with E-state index >= 15 is 0 Å². The standard InChI is InChI=1S/C20H19NO5/c1-24-20(23)12-2-4-14(5-3-12)21-18(22)11-16-15-7-9-25-17(15)10-13-6-8-26-19(13)16/h2-5,10H,6-9,11H2,1H3,(H,21,22). The van der Waals surface area contributed by atoms with Crippen LogP contribution >= 0.6 is 0 Å². The molecular formula is C20H19NO5. The molecule has 2 aliphatic heterocycles. The normalized spacial score (nSPS) is 14.0. The van der Waals surface area contributed by atoms with E-state index in [1.165, 1.54) is 7.11 Å². The van der Waals surface area contributed by atoms with Crippen molar-refractivity contribution in [3.05, 3.63) is 52.6 Å². The van der Waals surface area contributed by atoms with Gasteiger partial charge in [0.1, 0.15) is 11.5 Å². The molecule has 0 bridgehead atoms. The second-order valence-electron chi connectivity index (χ2n) is 6.31. The summed E-state index contributed by atoms with van der Waals surface area (Å²) >= 11 is 0. The molecule has 0 saturated carbocycles. The fourth-order valence-corrected chi connectivity index (χ4v) is 3.45. The average molecular weight is 353 g/mol. The van der Waals surface area contributed by atoms with Crippen LogP contribution in [0.25, 0.3) is 0 Å². The lowest BCUT2D eigenvalue weighted by Gasteiger charge is -2.13. The van der Waals surface area contributed by atoms with Crippen LogP contribution in [-0.2, 0) is 28.8 Å². The van der Waals surface area contributed by atoms with Crippen LogP contribution in [0.3, 0.4) is 0 Å². The molecule has 0 aliphatic carbocycles. The molecule has 6 nitrogen and oxygen atoms in total. The van der Waals surface area contributed by atoms with Crippen molar-refractivity contribution in [3.63, 3.8) is 0 Å². The first kappa shape index (κ1) is 16.4. The van der Waals surface area contributed by atoms with Crippen LogP contribution in [0.4, 0.5) is 5.69 Å². The van der Waals surface area contributed by atoms with Gasteiger partial charge in [-0.3, -0.25) is 4.79 Å². The lowest BCUT2D eigenvalue weighted by atomic mass is 9.97. The van der Waals surface area contributed by atoms with Gasteiger partial charge in [-0.1, -0.05) is 0 Å². The molecule has 2 aromatic rings. The fourth-order valence-electron chi connectivity index (χ4n) is 3.45. The zero-order valence-corrected chi connectivity index (χ0v) is 14.5. The number of rotatable bonds is 4. The third-order valence-electron chi connectivity index (χ3n) is 4.69. The van der Waals surface area contributed by atoms with Crippen molar-refractivity contribution >= 4 is 17.6 Å². The quantitative estimate of drug-likeness (QED) is 0.855. The molecule has 4 rings (SSSR count). The van der Waals surface area contributed by atoms with Gasteiger partial charge in [0.2, 0.25) is 5.91 Å². The van der Waals surface area contributed by atoms with Crippen LogP contribution in [0.2, 0.25) is 0 Å². The van der Waals surface area contributed by atoms with Gasteiger partial charge >= 0.3 is 5.97 Å². The van der Waals surface area contributed by atoms with Crippen LogP contribution in [0.5, 0.6) is 11.5 Å². The van der Waals surface area contributed by atoms with Crippen LogP contribution < -0.4 is 14.8 Å². The molecule has 0 fully saturated rings. The number of methoxy groups -OCH3 is 1. The smallest absolute Gasteiger partial charge is 0.337 e. The van der Waals surface area contributed by atoms with Gasteiger partial charge in [-0.05, 0) is 30.3 Å². The summed E-state index contributed by atoms with van der Waals surface area (Å²) in [6.45, 7) is 1.28. The van der Waals surface area contributed by atoms with Crippen LogP contribution in [0, 0.1) is 0 Å². The number of nitrogens with one attached hydrogen (secondary N) is 1. The number of amides is 1. The Bertz CT molecular complexity index is 841. The summed E-state index contributed by atoms with van der Waals surface area (Å²) in [5.41, 5.74) is 4.17. The van der Waals surface area contributed by atoms with Crippen LogP contribution in [0.15, 0.2) is 30.3 Å². The summed E-state index contributed by atoms with van der Waals surface area (Å²) in [5.74, 6) is 1.18. The molecule has 0 radical (unpaired) electrons. The molecule has 2 aromatic carbocycles. The minimum Gasteiger partial charge on any atom is -0.493 e. The van der Waals surface area contributed by atoms with Gasteiger partial charge in [0.25, 0.3) is 0 Å². The van der Waals surface area contributed by atoms with E-state index in [0.29, 0.717) is 24.5 Å². The largest absolute Gasteiger partial charge is 0.493 e.